The van der Waals surface area contributed by atoms with Gasteiger partial charge in [-0.05, 0) is 92.3 Å². The van der Waals surface area contributed by atoms with Crippen LogP contribution in [0.5, 0.6) is 0 Å². The average Bonchev–Trinajstić information content (AvgIpc) is 2.78. The van der Waals surface area contributed by atoms with Crippen LogP contribution in [0.2, 0.25) is 39.3 Å². The van der Waals surface area contributed by atoms with Crippen molar-refractivity contribution >= 4 is 59.2 Å². The molecule has 0 fully saturated rings. The normalized spacial score (nSPS) is 12.0. The molecular weight excluding hydrogens is 465 g/mol. The summed E-state index contributed by atoms with van der Waals surface area (Å²) in [7, 11) is -3.15. The largest absolute Gasteiger partial charge is 0.129 e. The Labute approximate surface area is 217 Å². The van der Waals surface area contributed by atoms with Crippen molar-refractivity contribution in [2.75, 3.05) is 0 Å². The Morgan fingerprint density at radius 2 is 0.806 bits per heavy atom. The summed E-state index contributed by atoms with van der Waals surface area (Å²) >= 11 is 0. The number of fused-ring (bicyclic) bond motifs is 4. The van der Waals surface area contributed by atoms with Crippen LogP contribution in [-0.4, -0.2) is 16.1 Å². The minimum Gasteiger partial charge on any atom is -0.127 e. The third-order valence-corrected chi connectivity index (χ3v) is 8.43. The molecule has 5 aromatic carbocycles. The zero-order valence-electron chi connectivity index (χ0n) is 22.8. The summed E-state index contributed by atoms with van der Waals surface area (Å²) in [6.45, 7) is 18.3. The lowest BCUT2D eigenvalue weighted by atomic mass is 9.88. The van der Waals surface area contributed by atoms with Gasteiger partial charge >= 0.3 is 0 Å². The van der Waals surface area contributed by atoms with E-state index in [9.17, 15) is 0 Å². The fourth-order valence-corrected chi connectivity index (χ4v) is 5.70. The molecule has 178 valence electrons. The van der Waals surface area contributed by atoms with Gasteiger partial charge in [0.1, 0.15) is 16.1 Å². The second kappa shape index (κ2) is 8.67. The lowest BCUT2D eigenvalue weighted by Crippen LogP contribution is -2.16. The summed E-state index contributed by atoms with van der Waals surface area (Å²) in [5, 5.41) is 9.91. The molecule has 0 nitrogen and oxygen atoms in total. The maximum absolute atomic E-state index is 3.70. The van der Waals surface area contributed by atoms with E-state index in [1.165, 1.54) is 54.2 Å². The van der Waals surface area contributed by atoms with Gasteiger partial charge in [-0.1, -0.05) is 87.5 Å². The number of aryl methyl sites for hydroxylation is 2. The third-order valence-electron chi connectivity index (χ3n) is 6.68. The van der Waals surface area contributed by atoms with E-state index < -0.39 is 16.1 Å². The SMILES string of the molecule is Cc1cc2cc3c(C#C[Si](C)(C)C)c4cc5ccccc5cc4c(C#C[Si](C)(C)C)c3cc2cc1C. The molecule has 0 unspecified atom stereocenters. The quantitative estimate of drug-likeness (QED) is 0.113. The second-order valence-electron chi connectivity index (χ2n) is 12.2. The van der Waals surface area contributed by atoms with Crippen LogP contribution in [0.25, 0.3) is 43.1 Å². The highest BCUT2D eigenvalue weighted by Gasteiger charge is 2.17. The van der Waals surface area contributed by atoms with E-state index in [4.69, 9.17) is 0 Å². The molecule has 0 aliphatic heterocycles. The fourth-order valence-electron chi connectivity index (χ4n) is 4.70. The molecular formula is C34H34Si2. The maximum atomic E-state index is 3.70. The molecule has 5 aromatic rings. The molecule has 0 N–H and O–H groups in total. The van der Waals surface area contributed by atoms with E-state index in [2.05, 4.69) is 137 Å². The molecule has 0 aliphatic rings. The van der Waals surface area contributed by atoms with Crippen molar-refractivity contribution in [3.8, 4) is 22.9 Å². The first-order valence-electron chi connectivity index (χ1n) is 12.8. The Morgan fingerprint density at radius 1 is 0.472 bits per heavy atom. The number of benzene rings is 5. The average molecular weight is 499 g/mol. The molecule has 36 heavy (non-hydrogen) atoms. The van der Waals surface area contributed by atoms with Crippen molar-refractivity contribution in [3.05, 3.63) is 82.9 Å². The van der Waals surface area contributed by atoms with Crippen LogP contribution >= 0.6 is 0 Å². The molecule has 0 bridgehead atoms. The monoisotopic (exact) mass is 498 g/mol. The third kappa shape index (κ3) is 4.72. The highest BCUT2D eigenvalue weighted by molar-refractivity contribution is 6.84. The van der Waals surface area contributed by atoms with Crippen LogP contribution < -0.4 is 0 Å². The fraction of sp³-hybridized carbons (Fsp3) is 0.235. The molecule has 2 heteroatoms. The molecule has 0 aromatic heterocycles. The lowest BCUT2D eigenvalue weighted by Gasteiger charge is -2.15. The summed E-state index contributed by atoms with van der Waals surface area (Å²) < 4.78 is 0. The van der Waals surface area contributed by atoms with E-state index in [0.29, 0.717) is 0 Å². The maximum Gasteiger partial charge on any atom is 0.129 e. The Hall–Kier alpha value is -3.31. The van der Waals surface area contributed by atoms with E-state index in [1.807, 2.05) is 0 Å². The Kier molecular flexibility index (Phi) is 5.87. The highest BCUT2D eigenvalue weighted by atomic mass is 28.3. The van der Waals surface area contributed by atoms with Crippen molar-refractivity contribution in [1.29, 1.82) is 0 Å². The predicted molar refractivity (Wildman–Crippen MR) is 166 cm³/mol. The van der Waals surface area contributed by atoms with Crippen LogP contribution in [0.1, 0.15) is 22.3 Å². The second-order valence-corrected chi connectivity index (χ2v) is 21.7. The van der Waals surface area contributed by atoms with Gasteiger partial charge in [-0.15, -0.1) is 11.1 Å². The molecule has 0 heterocycles. The van der Waals surface area contributed by atoms with Gasteiger partial charge < -0.3 is 0 Å². The minimum atomic E-state index is -1.58. The van der Waals surface area contributed by atoms with Crippen LogP contribution in [-0.2, 0) is 0 Å². The summed E-state index contributed by atoms with van der Waals surface area (Å²) in [4.78, 5) is 0. The van der Waals surface area contributed by atoms with Gasteiger partial charge in [-0.25, -0.2) is 0 Å². The number of hydrogen-bond donors (Lipinski definition) is 0. The van der Waals surface area contributed by atoms with Crippen molar-refractivity contribution in [2.45, 2.75) is 53.1 Å². The van der Waals surface area contributed by atoms with Gasteiger partial charge in [-0.2, -0.15) is 0 Å². The molecule has 0 saturated heterocycles. The summed E-state index contributed by atoms with van der Waals surface area (Å²) in [5.41, 5.74) is 12.3. The van der Waals surface area contributed by atoms with Gasteiger partial charge in [-0.3, -0.25) is 0 Å². The van der Waals surface area contributed by atoms with Gasteiger partial charge in [0.15, 0.2) is 0 Å². The predicted octanol–water partition coefficient (Wildman–Crippen LogP) is 9.37. The molecule has 5 rings (SSSR count). The standard InChI is InChI=1S/C34H34Si2/c1-23-17-27-21-33-29(13-15-35(3,4)5)31-19-25-11-9-10-12-26(25)20-32(31)30(14-16-36(6,7)8)34(33)22-28(27)18-24(23)2/h9-12,17-22H,1-8H3. The Bertz CT molecular complexity index is 1680. The smallest absolute Gasteiger partial charge is 0.127 e. The van der Waals surface area contributed by atoms with E-state index in [-0.39, 0.29) is 0 Å². The first-order valence-corrected chi connectivity index (χ1v) is 19.8. The van der Waals surface area contributed by atoms with Crippen molar-refractivity contribution < 1.29 is 0 Å². The van der Waals surface area contributed by atoms with Crippen molar-refractivity contribution in [3.63, 3.8) is 0 Å². The first-order chi connectivity index (χ1) is 16.9. The zero-order valence-corrected chi connectivity index (χ0v) is 24.8. The first kappa shape index (κ1) is 24.4. The van der Waals surface area contributed by atoms with Gasteiger partial charge in [0, 0.05) is 11.1 Å². The van der Waals surface area contributed by atoms with Gasteiger partial charge in [0.2, 0.25) is 0 Å². The highest BCUT2D eigenvalue weighted by Crippen LogP contribution is 2.37. The molecule has 0 aliphatic carbocycles. The van der Waals surface area contributed by atoms with E-state index >= 15 is 0 Å². The number of rotatable bonds is 0. The summed E-state index contributed by atoms with van der Waals surface area (Å²) in [6.07, 6.45) is 0. The summed E-state index contributed by atoms with van der Waals surface area (Å²) in [6, 6.07) is 22.7. The van der Waals surface area contributed by atoms with Gasteiger partial charge in [0.05, 0.1) is 0 Å². The molecule has 0 radical (unpaired) electrons. The van der Waals surface area contributed by atoms with Crippen molar-refractivity contribution in [2.24, 2.45) is 0 Å². The molecule has 0 spiro atoms. The molecule has 0 amide bonds. The lowest BCUT2D eigenvalue weighted by molar-refractivity contribution is 1.37. The van der Waals surface area contributed by atoms with Crippen LogP contribution in [0.3, 0.4) is 0 Å². The number of hydrogen-bond acceptors (Lipinski definition) is 0. The Morgan fingerprint density at radius 3 is 1.14 bits per heavy atom. The summed E-state index contributed by atoms with van der Waals surface area (Å²) in [5.74, 6) is 7.40. The topological polar surface area (TPSA) is 0 Å². The Balaban J connectivity index is 2.06. The van der Waals surface area contributed by atoms with Gasteiger partial charge in [0.25, 0.3) is 0 Å². The van der Waals surface area contributed by atoms with Crippen LogP contribution in [0, 0.1) is 36.8 Å². The van der Waals surface area contributed by atoms with Crippen molar-refractivity contribution in [1.82, 2.24) is 0 Å². The molecule has 0 saturated carbocycles. The molecule has 0 atom stereocenters. The van der Waals surface area contributed by atoms with Crippen LogP contribution in [0.15, 0.2) is 60.7 Å². The van der Waals surface area contributed by atoms with E-state index in [0.717, 1.165) is 11.1 Å². The minimum absolute atomic E-state index is 1.15. The van der Waals surface area contributed by atoms with Crippen LogP contribution in [0.4, 0.5) is 0 Å². The zero-order chi connectivity index (χ0) is 25.8. The van der Waals surface area contributed by atoms with E-state index in [1.54, 1.807) is 0 Å².